The van der Waals surface area contributed by atoms with Gasteiger partial charge in [-0.15, -0.1) is 0 Å². The summed E-state index contributed by atoms with van der Waals surface area (Å²) < 4.78 is 0. The summed E-state index contributed by atoms with van der Waals surface area (Å²) in [6.45, 7) is 5.81. The molecule has 0 atom stereocenters. The van der Waals surface area contributed by atoms with Gasteiger partial charge in [-0.2, -0.15) is 0 Å². The molecule has 0 aromatic carbocycles. The number of unbranched alkanes of at least 4 members (excludes halogenated alkanes) is 1. The van der Waals surface area contributed by atoms with Crippen molar-refractivity contribution in [1.82, 2.24) is 15.2 Å². The van der Waals surface area contributed by atoms with Gasteiger partial charge in [0.15, 0.2) is 0 Å². The number of pyridine rings is 1. The number of hydrogen-bond donors (Lipinski definition) is 1. The minimum Gasteiger partial charge on any atom is -0.367 e. The normalized spacial score (nSPS) is 14.9. The number of amides is 2. The Morgan fingerprint density at radius 1 is 1.33 bits per heavy atom. The molecule has 6 nitrogen and oxygen atoms in total. The van der Waals surface area contributed by atoms with Crippen LogP contribution >= 0.6 is 0 Å². The van der Waals surface area contributed by atoms with E-state index in [1.54, 1.807) is 17.2 Å². The third-order valence-electron chi connectivity index (χ3n) is 3.62. The van der Waals surface area contributed by atoms with Gasteiger partial charge < -0.3 is 15.1 Å². The van der Waals surface area contributed by atoms with E-state index < -0.39 is 0 Å². The molecule has 1 saturated heterocycles. The monoisotopic (exact) mass is 290 g/mol. The fourth-order valence-electron chi connectivity index (χ4n) is 2.26. The molecule has 2 amide bonds. The van der Waals surface area contributed by atoms with Gasteiger partial charge in [0.25, 0.3) is 5.91 Å². The van der Waals surface area contributed by atoms with E-state index >= 15 is 0 Å². The first-order valence-corrected chi connectivity index (χ1v) is 7.43. The number of piperazine rings is 1. The summed E-state index contributed by atoms with van der Waals surface area (Å²) in [5.41, 5.74) is 1.44. The summed E-state index contributed by atoms with van der Waals surface area (Å²) >= 11 is 0. The van der Waals surface area contributed by atoms with E-state index in [4.69, 9.17) is 0 Å². The number of nitrogens with one attached hydrogen (secondary N) is 1. The van der Waals surface area contributed by atoms with Crippen molar-refractivity contribution in [3.05, 3.63) is 24.0 Å². The van der Waals surface area contributed by atoms with Crippen molar-refractivity contribution in [2.24, 2.45) is 0 Å². The van der Waals surface area contributed by atoms with Crippen LogP contribution in [0.4, 0.5) is 5.69 Å². The second-order valence-electron chi connectivity index (χ2n) is 5.14. The van der Waals surface area contributed by atoms with Gasteiger partial charge in [-0.05, 0) is 18.6 Å². The molecule has 21 heavy (non-hydrogen) atoms. The van der Waals surface area contributed by atoms with Gasteiger partial charge in [-0.3, -0.25) is 9.59 Å². The van der Waals surface area contributed by atoms with Crippen molar-refractivity contribution in [2.75, 3.05) is 37.6 Å². The first-order chi connectivity index (χ1) is 10.2. The third-order valence-corrected chi connectivity index (χ3v) is 3.62. The van der Waals surface area contributed by atoms with Crippen molar-refractivity contribution in [3.8, 4) is 0 Å². The van der Waals surface area contributed by atoms with Gasteiger partial charge in [0, 0.05) is 32.7 Å². The number of nitrogens with zero attached hydrogens (tertiary/aromatic N) is 3. The van der Waals surface area contributed by atoms with E-state index in [1.807, 2.05) is 6.07 Å². The summed E-state index contributed by atoms with van der Waals surface area (Å²) in [6.07, 6.45) is 4.65. The Balaban J connectivity index is 1.90. The molecule has 0 bridgehead atoms. The number of carbonyl (C=O) groups excluding carboxylic acids is 2. The lowest BCUT2D eigenvalue weighted by atomic mass is 10.2. The number of hydrogen-bond acceptors (Lipinski definition) is 4. The van der Waals surface area contributed by atoms with E-state index in [1.165, 1.54) is 0 Å². The Kier molecular flexibility index (Phi) is 5.54. The molecule has 0 aliphatic carbocycles. The average molecular weight is 290 g/mol. The highest BCUT2D eigenvalue weighted by molar-refractivity contribution is 5.92. The molecule has 0 radical (unpaired) electrons. The first-order valence-electron chi connectivity index (χ1n) is 7.43. The highest BCUT2D eigenvalue weighted by atomic mass is 16.2. The fraction of sp³-hybridized carbons (Fsp3) is 0.533. The maximum atomic E-state index is 11.9. The van der Waals surface area contributed by atoms with Crippen LogP contribution in [-0.2, 0) is 4.79 Å². The van der Waals surface area contributed by atoms with Crippen LogP contribution < -0.4 is 10.2 Å². The maximum absolute atomic E-state index is 11.9. The summed E-state index contributed by atoms with van der Waals surface area (Å²) in [6, 6.07) is 3.67. The first kappa shape index (κ1) is 15.3. The van der Waals surface area contributed by atoms with Crippen molar-refractivity contribution in [1.29, 1.82) is 0 Å². The molecule has 114 valence electrons. The van der Waals surface area contributed by atoms with Gasteiger partial charge in [0.2, 0.25) is 6.41 Å². The molecule has 1 aliphatic rings. The summed E-state index contributed by atoms with van der Waals surface area (Å²) in [5, 5.41) is 2.85. The molecule has 0 spiro atoms. The Labute approximate surface area is 125 Å². The Morgan fingerprint density at radius 2 is 2.10 bits per heavy atom. The van der Waals surface area contributed by atoms with Crippen LogP contribution in [-0.4, -0.2) is 54.9 Å². The summed E-state index contributed by atoms with van der Waals surface area (Å²) in [7, 11) is 0. The molecule has 1 N–H and O–H groups in total. The van der Waals surface area contributed by atoms with Gasteiger partial charge >= 0.3 is 0 Å². The van der Waals surface area contributed by atoms with E-state index in [0.29, 0.717) is 12.2 Å². The minimum absolute atomic E-state index is 0.124. The molecule has 1 aromatic rings. The Morgan fingerprint density at radius 3 is 2.67 bits per heavy atom. The highest BCUT2D eigenvalue weighted by Gasteiger charge is 2.16. The largest absolute Gasteiger partial charge is 0.367 e. The van der Waals surface area contributed by atoms with Crippen LogP contribution in [0, 0.1) is 0 Å². The molecular weight excluding hydrogens is 268 g/mol. The molecule has 6 heteroatoms. The van der Waals surface area contributed by atoms with E-state index in [9.17, 15) is 9.59 Å². The molecule has 1 aromatic heterocycles. The lowest BCUT2D eigenvalue weighted by Crippen LogP contribution is -2.45. The Hall–Kier alpha value is -2.11. The van der Waals surface area contributed by atoms with Gasteiger partial charge in [-0.25, -0.2) is 4.98 Å². The number of carbonyl (C=O) groups is 2. The number of aromatic nitrogens is 1. The second kappa shape index (κ2) is 7.61. The zero-order valence-electron chi connectivity index (χ0n) is 12.4. The SMILES string of the molecule is CCCCNC(=O)c1ccc(N2CCN(C=O)CC2)cn1. The highest BCUT2D eigenvalue weighted by Crippen LogP contribution is 2.15. The van der Waals surface area contributed by atoms with Gasteiger partial charge in [-0.1, -0.05) is 13.3 Å². The van der Waals surface area contributed by atoms with Gasteiger partial charge in [0.1, 0.15) is 5.69 Å². The lowest BCUT2D eigenvalue weighted by molar-refractivity contribution is -0.118. The zero-order chi connectivity index (χ0) is 15.1. The predicted octanol–water partition coefficient (Wildman–Crippen LogP) is 0.890. The molecule has 2 rings (SSSR count). The standard InChI is InChI=1S/C15H22N4O2/c1-2-3-6-16-15(21)14-5-4-13(11-17-14)19-9-7-18(12-20)8-10-19/h4-5,11-12H,2-3,6-10H2,1H3,(H,16,21). The van der Waals surface area contributed by atoms with Crippen molar-refractivity contribution >= 4 is 18.0 Å². The van der Waals surface area contributed by atoms with E-state index in [0.717, 1.165) is 51.1 Å². The van der Waals surface area contributed by atoms with Crippen LogP contribution in [0.2, 0.25) is 0 Å². The topological polar surface area (TPSA) is 65.5 Å². The Bertz CT molecular complexity index is 467. The smallest absolute Gasteiger partial charge is 0.269 e. The average Bonchev–Trinajstić information content (AvgIpc) is 2.55. The quantitative estimate of drug-likeness (QED) is 0.624. The molecule has 0 unspecified atom stereocenters. The van der Waals surface area contributed by atoms with Crippen LogP contribution in [0.5, 0.6) is 0 Å². The minimum atomic E-state index is -0.124. The molecule has 1 fully saturated rings. The molecular formula is C15H22N4O2. The van der Waals surface area contributed by atoms with Crippen LogP contribution in [0.1, 0.15) is 30.3 Å². The van der Waals surface area contributed by atoms with Crippen LogP contribution in [0.15, 0.2) is 18.3 Å². The van der Waals surface area contributed by atoms with Crippen molar-refractivity contribution in [2.45, 2.75) is 19.8 Å². The molecule has 0 saturated carbocycles. The maximum Gasteiger partial charge on any atom is 0.269 e. The van der Waals surface area contributed by atoms with E-state index in [2.05, 4.69) is 22.1 Å². The molecule has 2 heterocycles. The van der Waals surface area contributed by atoms with Gasteiger partial charge in [0.05, 0.1) is 11.9 Å². The van der Waals surface area contributed by atoms with Crippen molar-refractivity contribution in [3.63, 3.8) is 0 Å². The second-order valence-corrected chi connectivity index (χ2v) is 5.14. The lowest BCUT2D eigenvalue weighted by Gasteiger charge is -2.33. The number of rotatable bonds is 6. The van der Waals surface area contributed by atoms with Crippen molar-refractivity contribution < 1.29 is 9.59 Å². The molecule has 1 aliphatic heterocycles. The summed E-state index contributed by atoms with van der Waals surface area (Å²) in [5.74, 6) is -0.124. The number of anilines is 1. The zero-order valence-corrected chi connectivity index (χ0v) is 12.4. The summed E-state index contributed by atoms with van der Waals surface area (Å²) in [4.78, 5) is 30.7. The van der Waals surface area contributed by atoms with E-state index in [-0.39, 0.29) is 5.91 Å². The predicted molar refractivity (Wildman–Crippen MR) is 81.3 cm³/mol. The van der Waals surface area contributed by atoms with Crippen LogP contribution in [0.25, 0.3) is 0 Å². The fourth-order valence-corrected chi connectivity index (χ4v) is 2.26. The van der Waals surface area contributed by atoms with Crippen LogP contribution in [0.3, 0.4) is 0 Å². The third kappa shape index (κ3) is 4.18.